The largest absolute Gasteiger partial charge is 0.480 e. The van der Waals surface area contributed by atoms with Gasteiger partial charge in [0, 0.05) is 18.0 Å². The molecule has 14 heavy (non-hydrogen) atoms. The molecule has 1 heterocycles. The van der Waals surface area contributed by atoms with E-state index in [0.717, 1.165) is 0 Å². The van der Waals surface area contributed by atoms with E-state index in [1.807, 2.05) is 0 Å². The van der Waals surface area contributed by atoms with Gasteiger partial charge in [0.1, 0.15) is 0 Å². The average molecular weight is 215 g/mol. The van der Waals surface area contributed by atoms with Crippen LogP contribution in [-0.4, -0.2) is 22.8 Å². The Morgan fingerprint density at radius 2 is 2.36 bits per heavy atom. The predicted octanol–water partition coefficient (Wildman–Crippen LogP) is 1.05. The van der Waals surface area contributed by atoms with Crippen LogP contribution >= 0.6 is 11.6 Å². The summed E-state index contributed by atoms with van der Waals surface area (Å²) in [5.41, 5.74) is -0.162. The van der Waals surface area contributed by atoms with E-state index in [0.29, 0.717) is 18.3 Å². The number of aromatic nitrogens is 2. The normalized spacial score (nSPS) is 10.7. The number of rotatable bonds is 4. The lowest BCUT2D eigenvalue weighted by atomic mass is 10.5. The summed E-state index contributed by atoms with van der Waals surface area (Å²) in [5, 5.41) is 3.95. The Morgan fingerprint density at radius 1 is 1.57 bits per heavy atom. The zero-order chi connectivity index (χ0) is 10.4. The number of ether oxygens (including phenoxy) is 1. The van der Waals surface area contributed by atoms with Crippen LogP contribution in [0.25, 0.3) is 0 Å². The molecule has 0 atom stereocenters. The highest BCUT2D eigenvalue weighted by Crippen LogP contribution is 1.98. The van der Waals surface area contributed by atoms with E-state index >= 15 is 0 Å². The summed E-state index contributed by atoms with van der Waals surface area (Å²) in [6.45, 7) is 0.406. The molecular formula is C9H11ClN2O2. The maximum atomic E-state index is 11.3. The van der Waals surface area contributed by atoms with Crippen molar-refractivity contribution in [1.82, 2.24) is 9.78 Å². The zero-order valence-corrected chi connectivity index (χ0v) is 8.57. The van der Waals surface area contributed by atoms with Crippen LogP contribution in [-0.2, 0) is 6.54 Å². The van der Waals surface area contributed by atoms with E-state index < -0.39 is 0 Å². The maximum Gasteiger partial charge on any atom is 0.267 e. The van der Waals surface area contributed by atoms with Gasteiger partial charge in [-0.25, -0.2) is 4.68 Å². The molecule has 0 fully saturated rings. The van der Waals surface area contributed by atoms with Gasteiger partial charge in [0.25, 0.3) is 5.56 Å². The topological polar surface area (TPSA) is 44.1 Å². The van der Waals surface area contributed by atoms with Gasteiger partial charge in [-0.3, -0.25) is 4.79 Å². The number of methoxy groups -OCH3 is 1. The Balaban J connectivity index is 2.84. The summed E-state index contributed by atoms with van der Waals surface area (Å²) in [5.74, 6) is 0.850. The van der Waals surface area contributed by atoms with Gasteiger partial charge in [-0.05, 0) is 0 Å². The molecule has 1 aromatic rings. The SMILES string of the molecule is COc1ccc(=O)n(C/C=C/CCl)n1. The van der Waals surface area contributed by atoms with Gasteiger partial charge in [-0.2, -0.15) is 0 Å². The van der Waals surface area contributed by atoms with Gasteiger partial charge in [0.2, 0.25) is 5.88 Å². The molecule has 76 valence electrons. The smallest absolute Gasteiger partial charge is 0.267 e. The number of alkyl halides is 1. The Kier molecular flexibility index (Phi) is 4.19. The van der Waals surface area contributed by atoms with Gasteiger partial charge < -0.3 is 4.74 Å². The van der Waals surface area contributed by atoms with Crippen LogP contribution in [0.4, 0.5) is 0 Å². The highest BCUT2D eigenvalue weighted by Gasteiger charge is 1.97. The van der Waals surface area contributed by atoms with Crippen LogP contribution in [0.1, 0.15) is 0 Å². The lowest BCUT2D eigenvalue weighted by molar-refractivity contribution is 0.379. The fraction of sp³-hybridized carbons (Fsp3) is 0.333. The molecule has 0 saturated carbocycles. The zero-order valence-electron chi connectivity index (χ0n) is 7.81. The standard InChI is InChI=1S/C9H11ClN2O2/c1-14-8-4-5-9(13)12(11-8)7-3-2-6-10/h2-5H,6-7H2,1H3/b3-2+. The molecule has 0 spiro atoms. The number of hydrogen-bond donors (Lipinski definition) is 0. The molecule has 0 saturated heterocycles. The van der Waals surface area contributed by atoms with Crippen molar-refractivity contribution in [3.8, 4) is 5.88 Å². The highest BCUT2D eigenvalue weighted by molar-refractivity contribution is 6.18. The first kappa shape index (κ1) is 10.8. The molecule has 0 unspecified atom stereocenters. The Hall–Kier alpha value is -1.29. The van der Waals surface area contributed by atoms with Crippen LogP contribution in [0.5, 0.6) is 5.88 Å². The van der Waals surface area contributed by atoms with Crippen LogP contribution in [0.15, 0.2) is 29.1 Å². The molecule has 0 aromatic carbocycles. The third kappa shape index (κ3) is 2.88. The van der Waals surface area contributed by atoms with E-state index in [1.165, 1.54) is 23.9 Å². The van der Waals surface area contributed by atoms with Crippen molar-refractivity contribution < 1.29 is 4.74 Å². The molecule has 0 radical (unpaired) electrons. The van der Waals surface area contributed by atoms with Gasteiger partial charge in [0.15, 0.2) is 0 Å². The van der Waals surface area contributed by atoms with E-state index in [1.54, 1.807) is 12.2 Å². The van der Waals surface area contributed by atoms with Crippen molar-refractivity contribution in [2.75, 3.05) is 13.0 Å². The first-order chi connectivity index (χ1) is 6.77. The summed E-state index contributed by atoms with van der Waals surface area (Å²) in [4.78, 5) is 11.3. The molecule has 4 nitrogen and oxygen atoms in total. The fourth-order valence-electron chi connectivity index (χ4n) is 0.907. The summed E-state index contributed by atoms with van der Waals surface area (Å²) in [7, 11) is 1.51. The molecule has 5 heteroatoms. The van der Waals surface area contributed by atoms with Crippen molar-refractivity contribution in [1.29, 1.82) is 0 Å². The molecular weight excluding hydrogens is 204 g/mol. The third-order valence-corrected chi connectivity index (χ3v) is 1.76. The van der Waals surface area contributed by atoms with Crippen molar-refractivity contribution in [3.05, 3.63) is 34.6 Å². The number of halogens is 1. The molecule has 0 aliphatic heterocycles. The monoisotopic (exact) mass is 214 g/mol. The van der Waals surface area contributed by atoms with Crippen LogP contribution in [0.2, 0.25) is 0 Å². The molecule has 1 rings (SSSR count). The Labute approximate surface area is 86.8 Å². The summed E-state index contributed by atoms with van der Waals surface area (Å²) in [6, 6.07) is 2.95. The number of hydrogen-bond acceptors (Lipinski definition) is 3. The fourth-order valence-corrected chi connectivity index (χ4v) is 1.03. The van der Waals surface area contributed by atoms with Gasteiger partial charge >= 0.3 is 0 Å². The quantitative estimate of drug-likeness (QED) is 0.556. The third-order valence-electron chi connectivity index (χ3n) is 1.59. The Morgan fingerprint density at radius 3 is 3.00 bits per heavy atom. The van der Waals surface area contributed by atoms with Crippen molar-refractivity contribution in [2.24, 2.45) is 0 Å². The highest BCUT2D eigenvalue weighted by atomic mass is 35.5. The molecule has 0 bridgehead atoms. The van der Waals surface area contributed by atoms with Crippen molar-refractivity contribution >= 4 is 11.6 Å². The molecule has 0 N–H and O–H groups in total. The molecule has 1 aromatic heterocycles. The first-order valence-corrected chi connectivity index (χ1v) is 4.64. The lowest BCUT2D eigenvalue weighted by Crippen LogP contribution is -2.21. The van der Waals surface area contributed by atoms with Crippen LogP contribution in [0.3, 0.4) is 0 Å². The predicted molar refractivity (Wildman–Crippen MR) is 54.9 cm³/mol. The maximum absolute atomic E-state index is 11.3. The van der Waals surface area contributed by atoms with Gasteiger partial charge in [0.05, 0.1) is 13.7 Å². The first-order valence-electron chi connectivity index (χ1n) is 4.11. The second kappa shape index (κ2) is 5.44. The van der Waals surface area contributed by atoms with E-state index in [9.17, 15) is 4.79 Å². The molecule has 0 aliphatic carbocycles. The molecule has 0 aliphatic rings. The second-order valence-electron chi connectivity index (χ2n) is 2.52. The van der Waals surface area contributed by atoms with Crippen LogP contribution in [0, 0.1) is 0 Å². The summed E-state index contributed by atoms with van der Waals surface area (Å²) in [6.07, 6.45) is 3.54. The van der Waals surface area contributed by atoms with Gasteiger partial charge in [-0.1, -0.05) is 12.2 Å². The van der Waals surface area contributed by atoms with Crippen molar-refractivity contribution in [2.45, 2.75) is 6.54 Å². The second-order valence-corrected chi connectivity index (χ2v) is 2.83. The summed E-state index contributed by atoms with van der Waals surface area (Å²) >= 11 is 5.45. The minimum Gasteiger partial charge on any atom is -0.480 e. The average Bonchev–Trinajstić information content (AvgIpc) is 2.21. The number of allylic oxidation sites excluding steroid dienone is 2. The minimum absolute atomic E-state index is 0.162. The minimum atomic E-state index is -0.162. The van der Waals surface area contributed by atoms with Crippen molar-refractivity contribution in [3.63, 3.8) is 0 Å². The lowest BCUT2D eigenvalue weighted by Gasteiger charge is -2.02. The van der Waals surface area contributed by atoms with Gasteiger partial charge in [-0.15, -0.1) is 16.7 Å². The van der Waals surface area contributed by atoms with Crippen LogP contribution < -0.4 is 10.3 Å². The molecule has 0 amide bonds. The number of nitrogens with zero attached hydrogens (tertiary/aromatic N) is 2. The van der Waals surface area contributed by atoms with E-state index in [-0.39, 0.29) is 5.56 Å². The van der Waals surface area contributed by atoms with E-state index in [4.69, 9.17) is 16.3 Å². The Bertz CT molecular complexity index is 373. The van der Waals surface area contributed by atoms with E-state index in [2.05, 4.69) is 5.10 Å². The summed E-state index contributed by atoms with van der Waals surface area (Å²) < 4.78 is 6.20.